The molecule has 0 bridgehead atoms. The summed E-state index contributed by atoms with van der Waals surface area (Å²) in [5.41, 5.74) is 1.84. The average Bonchev–Trinajstić information content (AvgIpc) is 2.42. The number of nitrogens with zero attached hydrogens (tertiary/aromatic N) is 1. The molecule has 0 spiro atoms. The minimum atomic E-state index is 0.360. The lowest BCUT2D eigenvalue weighted by molar-refractivity contribution is 0.478. The lowest BCUT2D eigenvalue weighted by Crippen LogP contribution is -1.90. The Morgan fingerprint density at radius 2 is 1.84 bits per heavy atom. The molecule has 0 aliphatic rings. The van der Waals surface area contributed by atoms with Gasteiger partial charge in [0.2, 0.25) is 0 Å². The Bertz CT molecular complexity index is 603. The highest BCUT2D eigenvalue weighted by molar-refractivity contribution is 6.30. The van der Waals surface area contributed by atoms with Crippen molar-refractivity contribution in [1.29, 1.82) is 5.26 Å². The molecule has 0 saturated carbocycles. The molecule has 0 aromatic heterocycles. The van der Waals surface area contributed by atoms with Crippen molar-refractivity contribution in [2.75, 3.05) is 0 Å². The van der Waals surface area contributed by atoms with E-state index < -0.39 is 0 Å². The number of rotatable bonds is 4. The Hall–Kier alpha value is -1.69. The van der Waals surface area contributed by atoms with Crippen molar-refractivity contribution in [2.45, 2.75) is 12.3 Å². The fourth-order valence-corrected chi connectivity index (χ4v) is 2.01. The maximum Gasteiger partial charge on any atom is 0.133 e. The topological polar surface area (TPSA) is 33.0 Å². The van der Waals surface area contributed by atoms with Crippen molar-refractivity contribution >= 4 is 23.2 Å². The van der Waals surface area contributed by atoms with Gasteiger partial charge in [0.25, 0.3) is 0 Å². The second-order valence-electron chi connectivity index (χ2n) is 3.97. The minimum absolute atomic E-state index is 0.360. The standard InChI is InChI=1S/C15H11Cl2NO/c16-10-12-3-4-13(17)9-15(12)19-14-5-1-11(2-6-14)7-8-18/h1-6,9H,7,10H2. The maximum atomic E-state index is 8.61. The zero-order valence-corrected chi connectivity index (χ0v) is 11.6. The third-order valence-electron chi connectivity index (χ3n) is 2.61. The second kappa shape index (κ2) is 6.47. The van der Waals surface area contributed by atoms with Gasteiger partial charge in [-0.25, -0.2) is 0 Å². The van der Waals surface area contributed by atoms with Gasteiger partial charge in [-0.1, -0.05) is 29.8 Å². The summed E-state index contributed by atoms with van der Waals surface area (Å²) in [6, 6.07) is 14.8. The van der Waals surface area contributed by atoms with E-state index in [9.17, 15) is 0 Å². The van der Waals surface area contributed by atoms with Crippen molar-refractivity contribution in [3.05, 3.63) is 58.6 Å². The number of benzene rings is 2. The summed E-state index contributed by atoms with van der Waals surface area (Å²) in [4.78, 5) is 0. The lowest BCUT2D eigenvalue weighted by atomic mass is 10.1. The summed E-state index contributed by atoms with van der Waals surface area (Å²) in [5, 5.41) is 9.21. The number of hydrogen-bond acceptors (Lipinski definition) is 2. The molecule has 0 aliphatic heterocycles. The Morgan fingerprint density at radius 3 is 2.47 bits per heavy atom. The van der Waals surface area contributed by atoms with Gasteiger partial charge in [0.05, 0.1) is 18.4 Å². The predicted molar refractivity (Wildman–Crippen MR) is 76.8 cm³/mol. The van der Waals surface area contributed by atoms with Crippen molar-refractivity contribution in [2.24, 2.45) is 0 Å². The van der Waals surface area contributed by atoms with Crippen LogP contribution in [0.1, 0.15) is 11.1 Å². The molecule has 96 valence electrons. The molecule has 0 atom stereocenters. The first kappa shape index (κ1) is 13.7. The van der Waals surface area contributed by atoms with Crippen LogP contribution in [0.2, 0.25) is 5.02 Å². The minimum Gasteiger partial charge on any atom is -0.457 e. The van der Waals surface area contributed by atoms with E-state index in [1.54, 1.807) is 12.1 Å². The van der Waals surface area contributed by atoms with Crippen molar-refractivity contribution in [3.63, 3.8) is 0 Å². The zero-order valence-electron chi connectivity index (χ0n) is 10.1. The molecule has 0 amide bonds. The summed E-state index contributed by atoms with van der Waals surface area (Å²) in [5.74, 6) is 1.70. The van der Waals surface area contributed by atoms with E-state index in [0.717, 1.165) is 11.1 Å². The Labute approximate surface area is 122 Å². The van der Waals surface area contributed by atoms with Crippen molar-refractivity contribution < 1.29 is 4.74 Å². The van der Waals surface area contributed by atoms with Crippen LogP contribution in [0.3, 0.4) is 0 Å². The number of halogens is 2. The van der Waals surface area contributed by atoms with Crippen LogP contribution in [0.15, 0.2) is 42.5 Å². The number of nitriles is 1. The highest BCUT2D eigenvalue weighted by Gasteiger charge is 2.05. The first-order valence-electron chi connectivity index (χ1n) is 5.71. The SMILES string of the molecule is N#CCc1ccc(Oc2cc(Cl)ccc2CCl)cc1. The van der Waals surface area contributed by atoms with E-state index in [2.05, 4.69) is 6.07 Å². The van der Waals surface area contributed by atoms with Crippen LogP contribution in [0.25, 0.3) is 0 Å². The monoisotopic (exact) mass is 291 g/mol. The zero-order chi connectivity index (χ0) is 13.7. The summed E-state index contributed by atoms with van der Waals surface area (Å²) >= 11 is 11.8. The van der Waals surface area contributed by atoms with E-state index in [0.29, 0.717) is 28.8 Å². The van der Waals surface area contributed by atoms with Crippen LogP contribution in [0, 0.1) is 11.3 Å². The molecule has 0 N–H and O–H groups in total. The van der Waals surface area contributed by atoms with Gasteiger partial charge in [0.15, 0.2) is 0 Å². The van der Waals surface area contributed by atoms with Crippen molar-refractivity contribution in [3.8, 4) is 17.6 Å². The quantitative estimate of drug-likeness (QED) is 0.748. The molecule has 0 unspecified atom stereocenters. The molecular formula is C15H11Cl2NO. The lowest BCUT2D eigenvalue weighted by Gasteiger charge is -2.10. The van der Waals surface area contributed by atoms with Crippen molar-refractivity contribution in [1.82, 2.24) is 0 Å². The number of ether oxygens (including phenoxy) is 1. The van der Waals surface area contributed by atoms with Crippen LogP contribution in [-0.2, 0) is 12.3 Å². The molecular weight excluding hydrogens is 281 g/mol. The highest BCUT2D eigenvalue weighted by Crippen LogP contribution is 2.29. The van der Waals surface area contributed by atoms with Gasteiger partial charge in [-0.15, -0.1) is 11.6 Å². The molecule has 2 aromatic rings. The van der Waals surface area contributed by atoms with E-state index in [-0.39, 0.29) is 0 Å². The smallest absolute Gasteiger partial charge is 0.133 e. The van der Waals surface area contributed by atoms with E-state index in [1.807, 2.05) is 30.3 Å². The normalized spacial score (nSPS) is 9.95. The van der Waals surface area contributed by atoms with Gasteiger partial charge < -0.3 is 4.74 Å². The van der Waals surface area contributed by atoms with Gasteiger partial charge in [-0.2, -0.15) is 5.26 Å². The van der Waals surface area contributed by atoms with E-state index in [4.69, 9.17) is 33.2 Å². The molecule has 0 fully saturated rings. The van der Waals surface area contributed by atoms with Gasteiger partial charge in [-0.05, 0) is 29.8 Å². The Morgan fingerprint density at radius 1 is 1.11 bits per heavy atom. The third-order valence-corrected chi connectivity index (χ3v) is 3.13. The molecule has 2 nitrogen and oxygen atoms in total. The molecule has 4 heteroatoms. The van der Waals surface area contributed by atoms with Crippen LogP contribution in [-0.4, -0.2) is 0 Å². The fourth-order valence-electron chi connectivity index (χ4n) is 1.63. The Balaban J connectivity index is 2.21. The fraction of sp³-hybridized carbons (Fsp3) is 0.133. The molecule has 0 heterocycles. The van der Waals surface area contributed by atoms with Gasteiger partial charge in [0.1, 0.15) is 11.5 Å². The van der Waals surface area contributed by atoms with Gasteiger partial charge in [-0.3, -0.25) is 0 Å². The maximum absolute atomic E-state index is 8.61. The molecule has 0 saturated heterocycles. The molecule has 0 aliphatic carbocycles. The summed E-state index contributed by atoms with van der Waals surface area (Å²) in [6.07, 6.45) is 0.393. The molecule has 2 rings (SSSR count). The third kappa shape index (κ3) is 3.64. The van der Waals surface area contributed by atoms with Crippen LogP contribution in [0.5, 0.6) is 11.5 Å². The van der Waals surface area contributed by atoms with Crippen LogP contribution < -0.4 is 4.74 Å². The van der Waals surface area contributed by atoms with E-state index in [1.165, 1.54) is 0 Å². The van der Waals surface area contributed by atoms with Gasteiger partial charge >= 0.3 is 0 Å². The molecule has 19 heavy (non-hydrogen) atoms. The van der Waals surface area contributed by atoms with Crippen LogP contribution in [0.4, 0.5) is 0 Å². The van der Waals surface area contributed by atoms with E-state index >= 15 is 0 Å². The second-order valence-corrected chi connectivity index (χ2v) is 4.67. The largest absolute Gasteiger partial charge is 0.457 e. The molecule has 0 radical (unpaired) electrons. The Kier molecular flexibility index (Phi) is 4.68. The predicted octanol–water partition coefficient (Wildman–Crippen LogP) is 4.94. The summed E-state index contributed by atoms with van der Waals surface area (Å²) in [6.45, 7) is 0. The summed E-state index contributed by atoms with van der Waals surface area (Å²) in [7, 11) is 0. The first-order chi connectivity index (χ1) is 9.22. The highest BCUT2D eigenvalue weighted by atomic mass is 35.5. The molecule has 2 aromatic carbocycles. The van der Waals surface area contributed by atoms with Gasteiger partial charge in [0, 0.05) is 10.6 Å². The van der Waals surface area contributed by atoms with Crippen LogP contribution >= 0.6 is 23.2 Å². The summed E-state index contributed by atoms with van der Waals surface area (Å²) < 4.78 is 5.76. The number of hydrogen-bond donors (Lipinski definition) is 0. The average molecular weight is 292 g/mol. The first-order valence-corrected chi connectivity index (χ1v) is 6.62. The number of alkyl halides is 1.